The smallest absolute Gasteiger partial charge is 0.0294 e. The minimum atomic E-state index is 0.476. The van der Waals surface area contributed by atoms with E-state index in [9.17, 15) is 0 Å². The summed E-state index contributed by atoms with van der Waals surface area (Å²) in [6.07, 6.45) is 2.70. The van der Waals surface area contributed by atoms with Crippen molar-refractivity contribution in [1.29, 1.82) is 0 Å². The first-order valence-corrected chi connectivity index (χ1v) is 7.31. The SMILES string of the molecule is Cc1cccc(C(C)NC2CCCSC2)c1. The quantitative estimate of drug-likeness (QED) is 0.860. The molecule has 1 aliphatic heterocycles. The van der Waals surface area contributed by atoms with Crippen LogP contribution in [0.2, 0.25) is 0 Å². The molecular weight excluding hydrogens is 214 g/mol. The van der Waals surface area contributed by atoms with Crippen molar-refractivity contribution in [1.82, 2.24) is 5.32 Å². The number of benzene rings is 1. The number of rotatable bonds is 3. The highest BCUT2D eigenvalue weighted by molar-refractivity contribution is 7.99. The third kappa shape index (κ3) is 3.26. The van der Waals surface area contributed by atoms with E-state index in [2.05, 4.69) is 55.2 Å². The van der Waals surface area contributed by atoms with E-state index in [1.54, 1.807) is 0 Å². The number of aryl methyl sites for hydroxylation is 1. The van der Waals surface area contributed by atoms with Crippen LogP contribution in [0.1, 0.15) is 36.9 Å². The van der Waals surface area contributed by atoms with Gasteiger partial charge in [0.25, 0.3) is 0 Å². The number of thioether (sulfide) groups is 1. The highest BCUT2D eigenvalue weighted by Crippen LogP contribution is 2.21. The fourth-order valence-corrected chi connectivity index (χ4v) is 3.35. The van der Waals surface area contributed by atoms with Gasteiger partial charge in [0.2, 0.25) is 0 Å². The van der Waals surface area contributed by atoms with Crippen molar-refractivity contribution < 1.29 is 0 Å². The van der Waals surface area contributed by atoms with Crippen molar-refractivity contribution in [3.63, 3.8) is 0 Å². The summed E-state index contributed by atoms with van der Waals surface area (Å²) in [6, 6.07) is 10.00. The summed E-state index contributed by atoms with van der Waals surface area (Å²) in [5, 5.41) is 3.74. The average molecular weight is 235 g/mol. The van der Waals surface area contributed by atoms with Gasteiger partial charge in [0.1, 0.15) is 0 Å². The summed E-state index contributed by atoms with van der Waals surface area (Å²) in [6.45, 7) is 4.43. The van der Waals surface area contributed by atoms with Gasteiger partial charge in [-0.3, -0.25) is 0 Å². The minimum Gasteiger partial charge on any atom is -0.307 e. The first kappa shape index (κ1) is 12.0. The Morgan fingerprint density at radius 1 is 1.44 bits per heavy atom. The van der Waals surface area contributed by atoms with Gasteiger partial charge in [0.05, 0.1) is 0 Å². The maximum atomic E-state index is 3.74. The predicted molar refractivity (Wildman–Crippen MR) is 73.1 cm³/mol. The molecule has 0 aliphatic carbocycles. The Morgan fingerprint density at radius 3 is 3.00 bits per heavy atom. The molecule has 2 heteroatoms. The van der Waals surface area contributed by atoms with Crippen molar-refractivity contribution in [2.75, 3.05) is 11.5 Å². The summed E-state index contributed by atoms with van der Waals surface area (Å²) in [4.78, 5) is 0. The molecule has 2 rings (SSSR count). The number of nitrogens with one attached hydrogen (secondary N) is 1. The third-order valence-corrected chi connectivity index (χ3v) is 4.40. The van der Waals surface area contributed by atoms with Crippen molar-refractivity contribution in [2.24, 2.45) is 0 Å². The Labute approximate surface area is 103 Å². The molecule has 2 unspecified atom stereocenters. The second-order valence-corrected chi connectivity index (χ2v) is 5.87. The van der Waals surface area contributed by atoms with E-state index in [1.165, 1.54) is 35.5 Å². The van der Waals surface area contributed by atoms with E-state index >= 15 is 0 Å². The zero-order chi connectivity index (χ0) is 11.4. The monoisotopic (exact) mass is 235 g/mol. The van der Waals surface area contributed by atoms with Gasteiger partial charge in [-0.15, -0.1) is 0 Å². The van der Waals surface area contributed by atoms with E-state index in [4.69, 9.17) is 0 Å². The topological polar surface area (TPSA) is 12.0 Å². The molecule has 88 valence electrons. The summed E-state index contributed by atoms with van der Waals surface area (Å²) >= 11 is 2.08. The van der Waals surface area contributed by atoms with Crippen LogP contribution in [0.5, 0.6) is 0 Å². The van der Waals surface area contributed by atoms with Gasteiger partial charge in [0.15, 0.2) is 0 Å². The summed E-state index contributed by atoms with van der Waals surface area (Å²) in [7, 11) is 0. The van der Waals surface area contributed by atoms with Crippen molar-refractivity contribution in [3.05, 3.63) is 35.4 Å². The van der Waals surface area contributed by atoms with Crippen molar-refractivity contribution >= 4 is 11.8 Å². The molecule has 1 aliphatic rings. The molecule has 1 nitrogen and oxygen atoms in total. The van der Waals surface area contributed by atoms with Crippen LogP contribution in [0.15, 0.2) is 24.3 Å². The molecule has 16 heavy (non-hydrogen) atoms. The largest absolute Gasteiger partial charge is 0.307 e. The fraction of sp³-hybridized carbons (Fsp3) is 0.571. The normalized spacial score (nSPS) is 23.0. The van der Waals surface area contributed by atoms with E-state index < -0.39 is 0 Å². The molecule has 0 saturated carbocycles. The molecule has 0 bridgehead atoms. The lowest BCUT2D eigenvalue weighted by molar-refractivity contribution is 0.452. The second kappa shape index (κ2) is 5.74. The first-order valence-electron chi connectivity index (χ1n) is 6.16. The summed E-state index contributed by atoms with van der Waals surface area (Å²) < 4.78 is 0. The highest BCUT2D eigenvalue weighted by Gasteiger charge is 2.16. The van der Waals surface area contributed by atoms with E-state index in [0.717, 1.165) is 0 Å². The second-order valence-electron chi connectivity index (χ2n) is 4.72. The summed E-state index contributed by atoms with van der Waals surface area (Å²) in [5.74, 6) is 2.62. The first-order chi connectivity index (χ1) is 7.75. The third-order valence-electron chi connectivity index (χ3n) is 3.19. The average Bonchev–Trinajstić information content (AvgIpc) is 2.30. The van der Waals surface area contributed by atoms with Crippen LogP contribution in [0, 0.1) is 6.92 Å². The maximum Gasteiger partial charge on any atom is 0.0294 e. The number of hydrogen-bond donors (Lipinski definition) is 1. The Morgan fingerprint density at radius 2 is 2.31 bits per heavy atom. The molecule has 2 atom stereocenters. The van der Waals surface area contributed by atoms with Crippen molar-refractivity contribution in [3.8, 4) is 0 Å². The van der Waals surface area contributed by atoms with Crippen LogP contribution in [0.4, 0.5) is 0 Å². The lowest BCUT2D eigenvalue weighted by Gasteiger charge is -2.26. The van der Waals surface area contributed by atoms with Crippen LogP contribution in [0.25, 0.3) is 0 Å². The molecule has 1 aromatic carbocycles. The Hall–Kier alpha value is -0.470. The van der Waals surface area contributed by atoms with Gasteiger partial charge in [-0.1, -0.05) is 29.8 Å². The predicted octanol–water partition coefficient (Wildman–Crippen LogP) is 3.54. The molecule has 0 radical (unpaired) electrons. The molecule has 0 spiro atoms. The molecule has 0 amide bonds. The van der Waals surface area contributed by atoms with Gasteiger partial charge in [-0.2, -0.15) is 11.8 Å². The van der Waals surface area contributed by atoms with Crippen LogP contribution in [-0.4, -0.2) is 17.5 Å². The van der Waals surface area contributed by atoms with E-state index in [-0.39, 0.29) is 0 Å². The molecule has 1 fully saturated rings. The molecule has 1 aromatic rings. The Balaban J connectivity index is 1.94. The molecule has 0 aromatic heterocycles. The Bertz CT molecular complexity index is 331. The van der Waals surface area contributed by atoms with Gasteiger partial charge in [0, 0.05) is 17.8 Å². The van der Waals surface area contributed by atoms with E-state index in [1.807, 2.05) is 0 Å². The fourth-order valence-electron chi connectivity index (χ4n) is 2.26. The molecule has 1 N–H and O–H groups in total. The number of hydrogen-bond acceptors (Lipinski definition) is 2. The van der Waals surface area contributed by atoms with Gasteiger partial charge in [-0.05, 0) is 38.0 Å². The van der Waals surface area contributed by atoms with Gasteiger partial charge >= 0.3 is 0 Å². The standard InChI is InChI=1S/C14H21NS/c1-11-5-3-6-13(9-11)12(2)15-14-7-4-8-16-10-14/h3,5-6,9,12,14-15H,4,7-8,10H2,1-2H3. The van der Waals surface area contributed by atoms with Crippen LogP contribution in [-0.2, 0) is 0 Å². The highest BCUT2D eigenvalue weighted by atomic mass is 32.2. The lowest BCUT2D eigenvalue weighted by Crippen LogP contribution is -2.35. The lowest BCUT2D eigenvalue weighted by atomic mass is 10.0. The summed E-state index contributed by atoms with van der Waals surface area (Å²) in [5.41, 5.74) is 2.76. The van der Waals surface area contributed by atoms with Crippen LogP contribution in [0.3, 0.4) is 0 Å². The van der Waals surface area contributed by atoms with Crippen molar-refractivity contribution in [2.45, 2.75) is 38.8 Å². The maximum absolute atomic E-state index is 3.74. The Kier molecular flexibility index (Phi) is 4.30. The minimum absolute atomic E-state index is 0.476. The zero-order valence-corrected chi connectivity index (χ0v) is 11.0. The molecule has 1 heterocycles. The van der Waals surface area contributed by atoms with Crippen LogP contribution < -0.4 is 5.32 Å². The zero-order valence-electron chi connectivity index (χ0n) is 10.2. The van der Waals surface area contributed by atoms with Crippen LogP contribution >= 0.6 is 11.8 Å². The van der Waals surface area contributed by atoms with E-state index in [0.29, 0.717) is 12.1 Å². The molecule has 1 saturated heterocycles. The van der Waals surface area contributed by atoms with Gasteiger partial charge in [-0.25, -0.2) is 0 Å². The molecular formula is C14H21NS. The van der Waals surface area contributed by atoms with Gasteiger partial charge < -0.3 is 5.32 Å².